The second-order valence-corrected chi connectivity index (χ2v) is 19.6. The number of hydrogen-bond acceptors (Lipinski definition) is 12. The Morgan fingerprint density at radius 3 is 1.33 bits per heavy atom. The number of halogens is 11. The molecule has 0 amide bonds. The largest absolute Gasteiger partial charge is 0.497 e. The zero-order valence-electron chi connectivity index (χ0n) is 52.2. The van der Waals surface area contributed by atoms with E-state index >= 15 is 0 Å². The Morgan fingerprint density at radius 2 is 0.833 bits per heavy atom. The number of rotatable bonds is 12. The maximum absolute atomic E-state index is 12.8. The first-order valence-electron chi connectivity index (χ1n) is 27.1. The molecule has 0 spiro atoms. The third-order valence-electron chi connectivity index (χ3n) is 11.6. The third-order valence-corrected chi connectivity index (χ3v) is 13.0. The smallest absolute Gasteiger partial charge is 0.164 e. The summed E-state index contributed by atoms with van der Waals surface area (Å²) in [7, 11) is 20.9. The van der Waals surface area contributed by atoms with E-state index in [0.717, 1.165) is 51.4 Å². The van der Waals surface area contributed by atoms with Gasteiger partial charge in [0.15, 0.2) is 5.82 Å². The molecule has 9 N–H and O–H groups in total. The molecule has 0 saturated carbocycles. The molecule has 0 bridgehead atoms. The topological polar surface area (TPSA) is 136 Å². The fourth-order valence-corrected chi connectivity index (χ4v) is 7.70. The number of ether oxygens (including phenoxy) is 3. The van der Waals surface area contributed by atoms with Gasteiger partial charge in [-0.25, -0.2) is 26.3 Å². The molecule has 9 rings (SSSR count). The summed E-state index contributed by atoms with van der Waals surface area (Å²) in [6.07, 6.45) is 0. The van der Waals surface area contributed by atoms with Gasteiger partial charge >= 0.3 is 0 Å². The number of nitrogens with one attached hydrogen (secondary N) is 9. The fraction of sp³-hybridized carbons (Fsp3) is 0.194. The van der Waals surface area contributed by atoms with E-state index in [2.05, 4.69) is 47.9 Å². The van der Waals surface area contributed by atoms with Crippen molar-refractivity contribution in [2.24, 2.45) is 0 Å². The van der Waals surface area contributed by atoms with Gasteiger partial charge in [0, 0.05) is 114 Å². The molecule has 0 aromatic heterocycles. The summed E-state index contributed by atoms with van der Waals surface area (Å²) < 4.78 is 90.6. The maximum atomic E-state index is 12.8. The lowest BCUT2D eigenvalue weighted by Gasteiger charge is -2.05. The van der Waals surface area contributed by atoms with E-state index in [1.54, 1.807) is 107 Å². The number of benzene rings is 9. The first kappa shape index (κ1) is 79.6. The van der Waals surface area contributed by atoms with Crippen LogP contribution in [0.15, 0.2) is 182 Å². The van der Waals surface area contributed by atoms with Crippen molar-refractivity contribution in [3.05, 3.63) is 248 Å². The second kappa shape index (κ2) is 45.8. The number of para-hydroxylation sites is 2. The highest BCUT2D eigenvalue weighted by Crippen LogP contribution is 2.25. The van der Waals surface area contributed by atoms with Gasteiger partial charge in [-0.3, -0.25) is 0 Å². The van der Waals surface area contributed by atoms with E-state index in [9.17, 15) is 26.3 Å². The molecule has 0 unspecified atom stereocenters. The Hall–Kier alpha value is -8.39. The molecule has 0 radical (unpaired) electrons. The molecule has 0 saturated heterocycles. The van der Waals surface area contributed by atoms with Gasteiger partial charge in [-0.05, 0) is 153 Å². The Labute approximate surface area is 550 Å². The standard InChI is InChI=1S/C8H10FN.3C8H11NO.5C7H7ClFN/c1-6-7(9)4-3-5-8(6)10-2;1-9-7-3-5-8(10-2)6-4-7;1-9-7-4-3-5-8(6-7)10-2;1-9-7-5-3-4-6-8(7)10-2;1-10-7-3-5(8)2-6(9)4-7;1-10-5-2-3-7(9)6(8)4-5;1-10-7-3-2-5(9)4-6(7)8;1-10-7-4-5(8)2-3-6(7)9;1-10-6-4-2-3-5(8)7(6)9/h3-5,10H,1-2H3;3*3-6,9H,1-2H3;5*2-4,10H,1H3. The van der Waals surface area contributed by atoms with Gasteiger partial charge < -0.3 is 62.1 Å². The van der Waals surface area contributed by atoms with Crippen LogP contribution in [-0.4, -0.2) is 84.8 Å². The number of methoxy groups -OCH3 is 3. The lowest BCUT2D eigenvalue weighted by atomic mass is 10.2. The minimum Gasteiger partial charge on any atom is -0.497 e. The van der Waals surface area contributed by atoms with E-state index in [1.165, 1.54) is 66.7 Å². The molecule has 0 aliphatic heterocycles. The lowest BCUT2D eigenvalue weighted by molar-refractivity contribution is 0.415. The summed E-state index contributed by atoms with van der Waals surface area (Å²) in [4.78, 5) is 0. The molecule has 23 heteroatoms. The molecule has 9 aromatic carbocycles. The molecule has 9 aromatic rings. The average molecular weight is 1350 g/mol. The van der Waals surface area contributed by atoms with Crippen LogP contribution in [0.2, 0.25) is 25.1 Å². The van der Waals surface area contributed by atoms with E-state index in [4.69, 9.17) is 72.2 Å². The third kappa shape index (κ3) is 31.2. The van der Waals surface area contributed by atoms with Crippen LogP contribution in [0.4, 0.5) is 77.5 Å². The second-order valence-electron chi connectivity index (χ2n) is 17.5. The van der Waals surface area contributed by atoms with Crippen molar-refractivity contribution < 1.29 is 40.6 Å². The van der Waals surface area contributed by atoms with Crippen LogP contribution in [0.25, 0.3) is 0 Å². The molecule has 0 heterocycles. The molecular weight excluding hydrogens is 1270 g/mol. The number of hydrogen-bond donors (Lipinski definition) is 9. The van der Waals surface area contributed by atoms with E-state index in [-0.39, 0.29) is 39.1 Å². The molecule has 12 nitrogen and oxygen atoms in total. The molecular formula is C67H78Cl5F6N9O3. The summed E-state index contributed by atoms with van der Waals surface area (Å²) >= 11 is 27.7. The highest BCUT2D eigenvalue weighted by atomic mass is 35.5. The van der Waals surface area contributed by atoms with Crippen LogP contribution >= 0.6 is 58.0 Å². The van der Waals surface area contributed by atoms with Gasteiger partial charge in [0.2, 0.25) is 0 Å². The normalized spacial score (nSPS) is 9.33. The van der Waals surface area contributed by atoms with Gasteiger partial charge in [0.1, 0.15) is 46.3 Å². The van der Waals surface area contributed by atoms with Crippen molar-refractivity contribution in [2.75, 3.05) is 133 Å². The molecule has 486 valence electrons. The van der Waals surface area contributed by atoms with Gasteiger partial charge in [-0.15, -0.1) is 0 Å². The van der Waals surface area contributed by atoms with Gasteiger partial charge in [-0.2, -0.15) is 0 Å². The zero-order chi connectivity index (χ0) is 67.6. The van der Waals surface area contributed by atoms with Gasteiger partial charge in [0.25, 0.3) is 0 Å². The van der Waals surface area contributed by atoms with Crippen molar-refractivity contribution in [1.29, 1.82) is 0 Å². The Morgan fingerprint density at radius 1 is 0.300 bits per heavy atom. The van der Waals surface area contributed by atoms with Crippen LogP contribution < -0.4 is 62.1 Å². The summed E-state index contributed by atoms with van der Waals surface area (Å²) in [5.41, 5.74) is 7.79. The van der Waals surface area contributed by atoms with Crippen LogP contribution in [0, 0.1) is 41.8 Å². The maximum Gasteiger partial charge on any atom is 0.164 e. The van der Waals surface area contributed by atoms with Crippen molar-refractivity contribution in [1.82, 2.24) is 0 Å². The highest BCUT2D eigenvalue weighted by molar-refractivity contribution is 6.33. The quantitative estimate of drug-likeness (QED) is 0.0539. The Bertz CT molecular complexity index is 3330. The summed E-state index contributed by atoms with van der Waals surface area (Å²) in [6.45, 7) is 1.75. The first-order chi connectivity index (χ1) is 43.0. The van der Waals surface area contributed by atoms with Crippen molar-refractivity contribution in [2.45, 2.75) is 6.92 Å². The highest BCUT2D eigenvalue weighted by Gasteiger charge is 2.04. The number of anilines is 9. The van der Waals surface area contributed by atoms with Crippen LogP contribution in [0.1, 0.15) is 5.56 Å². The van der Waals surface area contributed by atoms with Crippen LogP contribution in [-0.2, 0) is 0 Å². The zero-order valence-corrected chi connectivity index (χ0v) is 56.0. The predicted molar refractivity (Wildman–Crippen MR) is 373 cm³/mol. The lowest BCUT2D eigenvalue weighted by Crippen LogP contribution is -1.92. The summed E-state index contributed by atoms with van der Waals surface area (Å²) in [6, 6.07) is 50.6. The first-order valence-corrected chi connectivity index (χ1v) is 29.0. The van der Waals surface area contributed by atoms with Crippen molar-refractivity contribution in [3.8, 4) is 17.2 Å². The van der Waals surface area contributed by atoms with E-state index < -0.39 is 5.82 Å². The predicted octanol–water partition coefficient (Wildman–Crippen LogP) is 20.0. The van der Waals surface area contributed by atoms with Crippen molar-refractivity contribution in [3.63, 3.8) is 0 Å². The summed E-state index contributed by atoms with van der Waals surface area (Å²) in [5, 5.41) is 27.4. The minimum absolute atomic E-state index is 0.145. The van der Waals surface area contributed by atoms with E-state index in [1.807, 2.05) is 100 Å². The van der Waals surface area contributed by atoms with Crippen LogP contribution in [0.5, 0.6) is 17.2 Å². The molecule has 0 aliphatic carbocycles. The summed E-state index contributed by atoms with van der Waals surface area (Å²) in [5.74, 6) is 0.780. The average Bonchev–Trinajstić information content (AvgIpc) is 3.77. The molecule has 90 heavy (non-hydrogen) atoms. The Balaban J connectivity index is 0.000000506. The van der Waals surface area contributed by atoms with Gasteiger partial charge in [-0.1, -0.05) is 88.3 Å². The minimum atomic E-state index is -0.397. The fourth-order valence-electron chi connectivity index (χ4n) is 6.69. The van der Waals surface area contributed by atoms with Crippen LogP contribution in [0.3, 0.4) is 0 Å². The monoisotopic (exact) mass is 1350 g/mol. The molecule has 0 aliphatic rings. The SMILES string of the molecule is CNc1cc(Cl)ccc1F.CNc1cc(F)cc(Cl)c1.CNc1ccc(F)c(Cl)c1.CNc1ccc(F)cc1Cl.CNc1ccc(OC)cc1.CNc1cccc(Cl)c1F.CNc1cccc(F)c1C.CNc1cccc(OC)c1.CNc1ccccc1OC. The Kier molecular flexibility index (Phi) is 40.5. The molecule has 0 atom stereocenters. The molecule has 0 fully saturated rings. The van der Waals surface area contributed by atoms with E-state index in [0.29, 0.717) is 37.7 Å². The van der Waals surface area contributed by atoms with Crippen molar-refractivity contribution >= 4 is 109 Å². The van der Waals surface area contributed by atoms with Gasteiger partial charge in [0.05, 0.1) is 59.1 Å².